The molecule has 28 heavy (non-hydrogen) atoms. The molecule has 3 rings (SSSR count). The van der Waals surface area contributed by atoms with E-state index in [-0.39, 0.29) is 11.7 Å². The topological polar surface area (TPSA) is 69.0 Å². The molecule has 0 radical (unpaired) electrons. The third-order valence-electron chi connectivity index (χ3n) is 3.95. The maximum absolute atomic E-state index is 12.0. The van der Waals surface area contributed by atoms with E-state index in [1.54, 1.807) is 7.11 Å². The summed E-state index contributed by atoms with van der Waals surface area (Å²) in [5.74, 6) is 0.981. The summed E-state index contributed by atoms with van der Waals surface area (Å²) in [4.78, 5) is 12.0. The van der Waals surface area contributed by atoms with Crippen molar-refractivity contribution in [3.63, 3.8) is 0 Å². The van der Waals surface area contributed by atoms with Crippen LogP contribution in [0, 0.1) is 0 Å². The van der Waals surface area contributed by atoms with E-state index in [2.05, 4.69) is 27.6 Å². The minimum atomic E-state index is -0.0719. The van der Waals surface area contributed by atoms with Crippen LogP contribution in [0.3, 0.4) is 0 Å². The number of benzene rings is 2. The minimum Gasteiger partial charge on any atom is -0.383 e. The van der Waals surface area contributed by atoms with Crippen LogP contribution in [0.2, 0.25) is 5.02 Å². The van der Waals surface area contributed by atoms with Crippen LogP contribution in [0.15, 0.2) is 59.8 Å². The fourth-order valence-electron chi connectivity index (χ4n) is 2.61. The zero-order valence-electron chi connectivity index (χ0n) is 15.5. The molecule has 0 fully saturated rings. The number of rotatable bonds is 9. The zero-order chi connectivity index (χ0) is 19.8. The van der Waals surface area contributed by atoms with Crippen LogP contribution in [-0.4, -0.2) is 46.7 Å². The number of nitrogens with one attached hydrogen (secondary N) is 1. The predicted octanol–water partition coefficient (Wildman–Crippen LogP) is 3.37. The second kappa shape index (κ2) is 10.3. The van der Waals surface area contributed by atoms with Gasteiger partial charge in [0.25, 0.3) is 0 Å². The van der Waals surface area contributed by atoms with Gasteiger partial charge in [-0.2, -0.15) is 0 Å². The summed E-state index contributed by atoms with van der Waals surface area (Å²) >= 11 is 7.38. The van der Waals surface area contributed by atoms with Crippen molar-refractivity contribution in [1.29, 1.82) is 0 Å². The molecule has 146 valence electrons. The van der Waals surface area contributed by atoms with E-state index in [0.717, 1.165) is 17.1 Å². The molecule has 8 heteroatoms. The lowest BCUT2D eigenvalue weighted by molar-refractivity contribution is -0.118. The van der Waals surface area contributed by atoms with Crippen LogP contribution in [0.25, 0.3) is 5.69 Å². The second-order valence-electron chi connectivity index (χ2n) is 6.00. The highest BCUT2D eigenvalue weighted by atomic mass is 35.5. The summed E-state index contributed by atoms with van der Waals surface area (Å²) in [6.45, 7) is 0.970. The molecule has 0 saturated carbocycles. The molecule has 2 aromatic carbocycles. The summed E-state index contributed by atoms with van der Waals surface area (Å²) in [6, 6.07) is 17.6. The third-order valence-corrected chi connectivity index (χ3v) is 5.13. The lowest BCUT2D eigenvalue weighted by atomic mass is 10.1. The van der Waals surface area contributed by atoms with Crippen molar-refractivity contribution in [3.05, 3.63) is 71.0 Å². The third kappa shape index (κ3) is 5.58. The highest BCUT2D eigenvalue weighted by molar-refractivity contribution is 7.99. The van der Waals surface area contributed by atoms with E-state index in [0.29, 0.717) is 29.8 Å². The highest BCUT2D eigenvalue weighted by Gasteiger charge is 2.16. The molecule has 0 bridgehead atoms. The standard InChI is InChI=1S/C20H21ClN4O2S/c1-27-12-11-22-19(26)14-28-20-24-23-18(13-15-5-3-2-4-6-15)25(20)17-9-7-16(21)8-10-17/h2-10H,11-14H2,1H3,(H,22,26). The summed E-state index contributed by atoms with van der Waals surface area (Å²) in [5.41, 5.74) is 2.04. The molecule has 0 aliphatic carbocycles. The molecule has 1 heterocycles. The van der Waals surface area contributed by atoms with E-state index in [9.17, 15) is 4.79 Å². The molecule has 3 aromatic rings. The largest absolute Gasteiger partial charge is 0.383 e. The molecule has 0 atom stereocenters. The minimum absolute atomic E-state index is 0.0719. The number of carbonyl (C=O) groups excluding carboxylic acids is 1. The summed E-state index contributed by atoms with van der Waals surface area (Å²) in [5, 5.41) is 12.8. The van der Waals surface area contributed by atoms with Gasteiger partial charge in [-0.15, -0.1) is 10.2 Å². The lowest BCUT2D eigenvalue weighted by Gasteiger charge is -2.11. The van der Waals surface area contributed by atoms with E-state index in [1.165, 1.54) is 11.8 Å². The summed E-state index contributed by atoms with van der Waals surface area (Å²) in [6.07, 6.45) is 0.636. The van der Waals surface area contributed by atoms with Gasteiger partial charge in [-0.05, 0) is 29.8 Å². The summed E-state index contributed by atoms with van der Waals surface area (Å²) < 4.78 is 6.91. The SMILES string of the molecule is COCCNC(=O)CSc1nnc(Cc2ccccc2)n1-c1ccc(Cl)cc1. The first-order chi connectivity index (χ1) is 13.7. The number of nitrogens with zero attached hydrogens (tertiary/aromatic N) is 3. The van der Waals surface area contributed by atoms with Gasteiger partial charge in [-0.1, -0.05) is 53.7 Å². The van der Waals surface area contributed by atoms with Gasteiger partial charge in [0.15, 0.2) is 5.16 Å². The highest BCUT2D eigenvalue weighted by Crippen LogP contribution is 2.24. The Labute approximate surface area is 173 Å². The quantitative estimate of drug-likeness (QED) is 0.428. The van der Waals surface area contributed by atoms with Gasteiger partial charge >= 0.3 is 0 Å². The van der Waals surface area contributed by atoms with E-state index < -0.39 is 0 Å². The van der Waals surface area contributed by atoms with Gasteiger partial charge in [0, 0.05) is 30.8 Å². The normalized spacial score (nSPS) is 10.8. The molecule has 0 aliphatic heterocycles. The van der Waals surface area contributed by atoms with Crippen molar-refractivity contribution < 1.29 is 9.53 Å². The van der Waals surface area contributed by atoms with Gasteiger partial charge in [0.2, 0.25) is 5.91 Å². The second-order valence-corrected chi connectivity index (χ2v) is 7.38. The van der Waals surface area contributed by atoms with Gasteiger partial charge in [0.1, 0.15) is 5.82 Å². The first-order valence-electron chi connectivity index (χ1n) is 8.80. The van der Waals surface area contributed by atoms with E-state index >= 15 is 0 Å². The fraction of sp³-hybridized carbons (Fsp3) is 0.250. The maximum Gasteiger partial charge on any atom is 0.230 e. The van der Waals surface area contributed by atoms with Crippen molar-refractivity contribution in [2.75, 3.05) is 26.0 Å². The van der Waals surface area contributed by atoms with Crippen LogP contribution in [0.4, 0.5) is 0 Å². The van der Waals surface area contributed by atoms with Crippen LogP contribution in [-0.2, 0) is 16.0 Å². The molecule has 1 aromatic heterocycles. The Balaban J connectivity index is 1.81. The first kappa shape index (κ1) is 20.4. The number of ether oxygens (including phenoxy) is 1. The number of carbonyl (C=O) groups is 1. The molecule has 0 spiro atoms. The van der Waals surface area contributed by atoms with E-state index in [1.807, 2.05) is 47.0 Å². The number of hydrogen-bond acceptors (Lipinski definition) is 5. The Morgan fingerprint density at radius 3 is 2.61 bits per heavy atom. The Morgan fingerprint density at radius 1 is 1.14 bits per heavy atom. The Bertz CT molecular complexity index is 900. The van der Waals surface area contributed by atoms with Crippen LogP contribution in [0.5, 0.6) is 0 Å². The maximum atomic E-state index is 12.0. The van der Waals surface area contributed by atoms with Crippen LogP contribution >= 0.6 is 23.4 Å². The Morgan fingerprint density at radius 2 is 1.89 bits per heavy atom. The summed E-state index contributed by atoms with van der Waals surface area (Å²) in [7, 11) is 1.60. The Hall–Kier alpha value is -2.35. The number of methoxy groups -OCH3 is 1. The van der Waals surface area contributed by atoms with Crippen molar-refractivity contribution in [3.8, 4) is 5.69 Å². The fourth-order valence-corrected chi connectivity index (χ4v) is 3.54. The molecule has 0 saturated heterocycles. The molecular weight excluding hydrogens is 396 g/mol. The molecule has 0 aliphatic rings. The van der Waals surface area contributed by atoms with Crippen LogP contribution < -0.4 is 5.32 Å². The molecule has 1 N–H and O–H groups in total. The van der Waals surface area contributed by atoms with Crippen molar-refractivity contribution in [1.82, 2.24) is 20.1 Å². The monoisotopic (exact) mass is 416 g/mol. The molecule has 0 unspecified atom stereocenters. The lowest BCUT2D eigenvalue weighted by Crippen LogP contribution is -2.28. The number of hydrogen-bond donors (Lipinski definition) is 1. The van der Waals surface area contributed by atoms with E-state index in [4.69, 9.17) is 16.3 Å². The average molecular weight is 417 g/mol. The number of amides is 1. The molecule has 6 nitrogen and oxygen atoms in total. The molecule has 1 amide bonds. The van der Waals surface area contributed by atoms with Crippen molar-refractivity contribution in [2.45, 2.75) is 11.6 Å². The average Bonchev–Trinajstić information content (AvgIpc) is 3.10. The zero-order valence-corrected chi connectivity index (χ0v) is 17.0. The van der Waals surface area contributed by atoms with Gasteiger partial charge < -0.3 is 10.1 Å². The van der Waals surface area contributed by atoms with Gasteiger partial charge in [0.05, 0.1) is 12.4 Å². The Kier molecular flexibility index (Phi) is 7.47. The predicted molar refractivity (Wildman–Crippen MR) is 111 cm³/mol. The number of thioether (sulfide) groups is 1. The number of aromatic nitrogens is 3. The van der Waals surface area contributed by atoms with Crippen LogP contribution in [0.1, 0.15) is 11.4 Å². The first-order valence-corrected chi connectivity index (χ1v) is 10.2. The van der Waals surface area contributed by atoms with Crippen molar-refractivity contribution in [2.24, 2.45) is 0 Å². The molecular formula is C20H21ClN4O2S. The van der Waals surface area contributed by atoms with Gasteiger partial charge in [-0.25, -0.2) is 0 Å². The number of halogens is 1. The van der Waals surface area contributed by atoms with Gasteiger partial charge in [-0.3, -0.25) is 9.36 Å². The van der Waals surface area contributed by atoms with Crippen molar-refractivity contribution >= 4 is 29.3 Å². The smallest absolute Gasteiger partial charge is 0.230 e.